The van der Waals surface area contributed by atoms with Crippen molar-refractivity contribution in [2.75, 3.05) is 20.6 Å². The van der Waals surface area contributed by atoms with Crippen LogP contribution in [-0.2, 0) is 15.8 Å². The monoisotopic (exact) mass is 449 g/mol. The lowest BCUT2D eigenvalue weighted by Gasteiger charge is -2.30. The van der Waals surface area contributed by atoms with Crippen molar-refractivity contribution in [1.82, 2.24) is 8.30 Å². The summed E-state index contributed by atoms with van der Waals surface area (Å²) in [6.07, 6.45) is 3.89. The number of aliphatic hydroxyl groups is 1. The van der Waals surface area contributed by atoms with Gasteiger partial charge in [0, 0.05) is 43.9 Å². The van der Waals surface area contributed by atoms with E-state index in [1.165, 1.54) is 14.1 Å². The van der Waals surface area contributed by atoms with Crippen molar-refractivity contribution in [3.8, 4) is 0 Å². The normalized spacial score (nSPS) is 21.0. The van der Waals surface area contributed by atoms with Crippen LogP contribution in [0.3, 0.4) is 0 Å². The molecule has 2 aromatic rings. The molecule has 2 unspecified atom stereocenters. The maximum atomic E-state index is 13.2. The van der Waals surface area contributed by atoms with Gasteiger partial charge in [-0.05, 0) is 45.8 Å². The molecule has 0 aromatic heterocycles. The van der Waals surface area contributed by atoms with Crippen molar-refractivity contribution in [2.45, 2.75) is 18.9 Å². The van der Waals surface area contributed by atoms with Gasteiger partial charge in [0.05, 0.1) is 0 Å². The van der Waals surface area contributed by atoms with Crippen LogP contribution in [0.5, 0.6) is 0 Å². The summed E-state index contributed by atoms with van der Waals surface area (Å²) in [6.45, 7) is 1.87. The number of allylic oxidation sites excluding steroid dienone is 1. The number of hydrogen-bond acceptors (Lipinski definition) is 5. The lowest BCUT2D eigenvalue weighted by Crippen LogP contribution is -2.49. The predicted molar refractivity (Wildman–Crippen MR) is 121 cm³/mol. The second-order valence-electron chi connectivity index (χ2n) is 7.26. The van der Waals surface area contributed by atoms with Gasteiger partial charge >= 0.3 is 10.2 Å². The zero-order chi connectivity index (χ0) is 22.2. The van der Waals surface area contributed by atoms with E-state index >= 15 is 0 Å². The Morgan fingerprint density at radius 3 is 2.07 bits per heavy atom. The quantitative estimate of drug-likeness (QED) is 0.635. The van der Waals surface area contributed by atoms with Crippen LogP contribution >= 0.6 is 11.6 Å². The SMILES string of the molecule is CCC1=N[N+](c2ccc(C(O)(CN)c3ccc(Cl)cc3)cc2)(S(=O)(=O)N(C)C)C=C1. The third-order valence-electron chi connectivity index (χ3n) is 5.25. The summed E-state index contributed by atoms with van der Waals surface area (Å²) in [5, 5.41) is 16.3. The van der Waals surface area contributed by atoms with Crippen molar-refractivity contribution >= 4 is 33.2 Å². The van der Waals surface area contributed by atoms with E-state index in [1.807, 2.05) is 6.92 Å². The molecule has 0 radical (unpaired) electrons. The van der Waals surface area contributed by atoms with E-state index in [-0.39, 0.29) is 6.54 Å². The minimum atomic E-state index is -3.85. The molecule has 9 heteroatoms. The Morgan fingerprint density at radius 1 is 1.10 bits per heavy atom. The lowest BCUT2D eigenvalue weighted by molar-refractivity contribution is 0.0902. The fraction of sp³-hybridized carbons (Fsp3) is 0.286. The van der Waals surface area contributed by atoms with Gasteiger partial charge in [-0.3, -0.25) is 0 Å². The molecule has 0 bridgehead atoms. The maximum Gasteiger partial charge on any atom is 0.406 e. The fourth-order valence-corrected chi connectivity index (χ4v) is 4.80. The summed E-state index contributed by atoms with van der Waals surface area (Å²) >= 11 is 5.96. The molecule has 0 saturated heterocycles. The summed E-state index contributed by atoms with van der Waals surface area (Å²) in [4.78, 5) is 0. The summed E-state index contributed by atoms with van der Waals surface area (Å²) < 4.78 is 26.8. The van der Waals surface area contributed by atoms with Gasteiger partial charge in [-0.1, -0.05) is 35.8 Å². The first-order valence-corrected chi connectivity index (χ1v) is 11.3. The Bertz CT molecular complexity index is 1080. The van der Waals surface area contributed by atoms with Gasteiger partial charge in [0.2, 0.25) is 0 Å². The van der Waals surface area contributed by atoms with E-state index in [4.69, 9.17) is 17.3 Å². The first-order valence-electron chi connectivity index (χ1n) is 9.50. The van der Waals surface area contributed by atoms with Crippen LogP contribution in [-0.4, -0.2) is 44.2 Å². The summed E-state index contributed by atoms with van der Waals surface area (Å²) in [7, 11) is -0.897. The average Bonchev–Trinajstić information content (AvgIpc) is 3.20. The number of rotatable bonds is 7. The highest BCUT2D eigenvalue weighted by atomic mass is 35.5. The summed E-state index contributed by atoms with van der Waals surface area (Å²) in [6, 6.07) is 13.5. The van der Waals surface area contributed by atoms with Crippen molar-refractivity contribution in [2.24, 2.45) is 10.8 Å². The molecule has 160 valence electrons. The van der Waals surface area contributed by atoms with E-state index in [0.717, 1.165) is 4.31 Å². The third-order valence-corrected chi connectivity index (χ3v) is 7.55. The molecule has 3 N–H and O–H groups in total. The molecule has 0 amide bonds. The van der Waals surface area contributed by atoms with Crippen molar-refractivity contribution in [3.63, 3.8) is 0 Å². The largest absolute Gasteiger partial charge is 0.406 e. The van der Waals surface area contributed by atoms with Gasteiger partial charge < -0.3 is 10.8 Å². The number of nitrogens with zero attached hydrogens (tertiary/aromatic N) is 3. The fourth-order valence-electron chi connectivity index (χ4n) is 3.37. The second-order valence-corrected chi connectivity index (χ2v) is 9.88. The molecular weight excluding hydrogens is 424 g/mol. The third kappa shape index (κ3) is 3.60. The lowest BCUT2D eigenvalue weighted by atomic mass is 9.86. The van der Waals surface area contributed by atoms with Gasteiger partial charge in [0.1, 0.15) is 17.5 Å². The van der Waals surface area contributed by atoms with Gasteiger partial charge in [-0.2, -0.15) is 12.7 Å². The Balaban J connectivity index is 2.10. The number of benzene rings is 2. The topological polar surface area (TPSA) is 96.0 Å². The Morgan fingerprint density at radius 2 is 1.63 bits per heavy atom. The molecule has 7 nitrogen and oxygen atoms in total. The van der Waals surface area contributed by atoms with E-state index in [2.05, 4.69) is 5.10 Å². The van der Waals surface area contributed by atoms with Gasteiger partial charge in [0.25, 0.3) is 0 Å². The summed E-state index contributed by atoms with van der Waals surface area (Å²) in [5.74, 6) is 0. The van der Waals surface area contributed by atoms with Crippen LogP contribution in [0.4, 0.5) is 5.69 Å². The molecule has 1 heterocycles. The zero-order valence-corrected chi connectivity index (χ0v) is 18.7. The number of quaternary nitrogens is 1. The number of halogens is 1. The molecule has 0 spiro atoms. The average molecular weight is 450 g/mol. The van der Waals surface area contributed by atoms with E-state index in [1.54, 1.807) is 60.8 Å². The Hall–Kier alpha value is -2.07. The van der Waals surface area contributed by atoms with Gasteiger partial charge in [-0.15, -0.1) is 0 Å². The molecule has 3 rings (SSSR count). The van der Waals surface area contributed by atoms with Crippen LogP contribution in [0.15, 0.2) is 65.9 Å². The minimum Gasteiger partial charge on any atom is -0.379 e. The molecule has 1 aliphatic heterocycles. The van der Waals surface area contributed by atoms with E-state index < -0.39 is 19.8 Å². The Kier molecular flexibility index (Phi) is 6.20. The first-order chi connectivity index (χ1) is 14.1. The van der Waals surface area contributed by atoms with Crippen LogP contribution in [0.2, 0.25) is 5.02 Å². The van der Waals surface area contributed by atoms with Gasteiger partial charge in [0.15, 0.2) is 5.69 Å². The molecule has 0 aliphatic carbocycles. The van der Waals surface area contributed by atoms with Crippen LogP contribution in [0, 0.1) is 0 Å². The van der Waals surface area contributed by atoms with Crippen molar-refractivity contribution < 1.29 is 13.5 Å². The first kappa shape index (κ1) is 22.6. The van der Waals surface area contributed by atoms with Gasteiger partial charge in [-0.25, -0.2) is 0 Å². The van der Waals surface area contributed by atoms with E-state index in [9.17, 15) is 13.5 Å². The molecule has 0 saturated carbocycles. The molecular formula is C21H26ClN4O3S+. The molecule has 2 atom stereocenters. The highest BCUT2D eigenvalue weighted by molar-refractivity contribution is 7.88. The Labute approximate surface area is 182 Å². The molecule has 1 aliphatic rings. The predicted octanol–water partition coefficient (Wildman–Crippen LogP) is 2.94. The minimum absolute atomic E-state index is 0.0536. The van der Waals surface area contributed by atoms with E-state index in [0.29, 0.717) is 34.0 Å². The number of nitrogens with two attached hydrogens (primary N) is 1. The zero-order valence-electron chi connectivity index (χ0n) is 17.2. The van der Waals surface area contributed by atoms with Crippen LogP contribution < -0.4 is 9.73 Å². The molecule has 2 aromatic carbocycles. The number of hydrogen-bond donors (Lipinski definition) is 2. The van der Waals surface area contributed by atoms with Crippen LogP contribution in [0.1, 0.15) is 24.5 Å². The molecule has 30 heavy (non-hydrogen) atoms. The summed E-state index contributed by atoms with van der Waals surface area (Å²) in [5.41, 5.74) is 6.74. The maximum absolute atomic E-state index is 13.2. The standard InChI is InChI=1S/C21H26ClN4O3S/c1-4-19-13-14-26(24-19,30(28,29)25(2)3)20-11-7-17(8-12-20)21(27,15-23)16-5-9-18(22)10-6-16/h5-14,27H,4,15,23H2,1-3H3/q+1. The van der Waals surface area contributed by atoms with Crippen molar-refractivity contribution in [1.29, 1.82) is 0 Å². The molecule has 0 fully saturated rings. The highest BCUT2D eigenvalue weighted by Gasteiger charge is 2.48. The second kappa shape index (κ2) is 8.22. The van der Waals surface area contributed by atoms with Crippen LogP contribution in [0.25, 0.3) is 0 Å². The highest BCUT2D eigenvalue weighted by Crippen LogP contribution is 2.37. The van der Waals surface area contributed by atoms with Crippen molar-refractivity contribution in [3.05, 3.63) is 77.0 Å². The smallest absolute Gasteiger partial charge is 0.379 e.